The van der Waals surface area contributed by atoms with Crippen molar-refractivity contribution in [3.05, 3.63) is 36.7 Å². The second-order valence-corrected chi connectivity index (χ2v) is 5.39. The van der Waals surface area contributed by atoms with Crippen molar-refractivity contribution in [2.24, 2.45) is 0 Å². The van der Waals surface area contributed by atoms with Crippen LogP contribution in [0.25, 0.3) is 0 Å². The molecule has 0 aliphatic carbocycles. The van der Waals surface area contributed by atoms with E-state index in [2.05, 4.69) is 9.97 Å². The number of rotatable bonds is 3. The quantitative estimate of drug-likeness (QED) is 0.845. The van der Waals surface area contributed by atoms with E-state index in [0.717, 1.165) is 4.31 Å². The summed E-state index contributed by atoms with van der Waals surface area (Å²) in [5, 5.41) is 0.136. The highest BCUT2D eigenvalue weighted by Crippen LogP contribution is 2.20. The van der Waals surface area contributed by atoms with Crippen LogP contribution in [-0.4, -0.2) is 25.4 Å². The highest BCUT2D eigenvalue weighted by atomic mass is 32.2. The number of sulfonamides is 1. The van der Waals surface area contributed by atoms with Gasteiger partial charge in [-0.3, -0.25) is 4.31 Å². The summed E-state index contributed by atoms with van der Waals surface area (Å²) in [5.74, 6) is 0.347. The van der Waals surface area contributed by atoms with Gasteiger partial charge in [0.05, 0.1) is 11.9 Å². The maximum absolute atomic E-state index is 12.1. The zero-order chi connectivity index (χ0) is 12.5. The highest BCUT2D eigenvalue weighted by molar-refractivity contribution is 7.92. The van der Waals surface area contributed by atoms with Gasteiger partial charge in [-0.05, 0) is 24.3 Å². The maximum Gasteiger partial charge on any atom is 0.279 e. The van der Waals surface area contributed by atoms with Crippen molar-refractivity contribution >= 4 is 21.5 Å². The second-order valence-electron chi connectivity index (χ2n) is 3.45. The average molecular weight is 252 g/mol. The third kappa shape index (κ3) is 2.09. The van der Waals surface area contributed by atoms with E-state index in [9.17, 15) is 8.42 Å². The van der Waals surface area contributed by atoms with Crippen LogP contribution in [0.3, 0.4) is 0 Å². The van der Waals surface area contributed by atoms with Crippen molar-refractivity contribution in [3.63, 3.8) is 0 Å². The van der Waals surface area contributed by atoms with Gasteiger partial charge in [-0.1, -0.05) is 0 Å². The number of hydrogen-bond donors (Lipinski definition) is 2. The van der Waals surface area contributed by atoms with Crippen molar-refractivity contribution in [3.8, 4) is 0 Å². The van der Waals surface area contributed by atoms with E-state index in [1.165, 1.54) is 19.3 Å². The van der Waals surface area contributed by atoms with Gasteiger partial charge in [-0.15, -0.1) is 0 Å². The minimum Gasteiger partial charge on any atom is -0.384 e. The van der Waals surface area contributed by atoms with E-state index < -0.39 is 10.0 Å². The number of aromatic amines is 1. The predicted molar refractivity (Wildman–Crippen MR) is 65.0 cm³/mol. The zero-order valence-electron chi connectivity index (χ0n) is 9.16. The number of pyridine rings is 1. The first-order valence-electron chi connectivity index (χ1n) is 4.85. The minimum atomic E-state index is -3.56. The predicted octanol–water partition coefficient (Wildman–Crippen LogP) is 0.817. The lowest BCUT2D eigenvalue weighted by Gasteiger charge is -2.17. The molecule has 17 heavy (non-hydrogen) atoms. The molecule has 2 rings (SSSR count). The van der Waals surface area contributed by atoms with Crippen molar-refractivity contribution in [1.29, 1.82) is 0 Å². The Kier molecular flexibility index (Phi) is 2.76. The minimum absolute atomic E-state index is 0.136. The van der Waals surface area contributed by atoms with E-state index in [0.29, 0.717) is 11.5 Å². The monoisotopic (exact) mass is 252 g/mol. The molecule has 0 aliphatic rings. The Balaban J connectivity index is 2.38. The number of anilines is 2. The van der Waals surface area contributed by atoms with E-state index in [4.69, 9.17) is 5.73 Å². The molecule has 0 bridgehead atoms. The molecule has 0 saturated carbocycles. The molecule has 0 amide bonds. The Morgan fingerprint density at radius 2 is 2.12 bits per heavy atom. The van der Waals surface area contributed by atoms with Crippen LogP contribution in [-0.2, 0) is 10.0 Å². The number of hydrogen-bond acceptors (Lipinski definition) is 4. The lowest BCUT2D eigenvalue weighted by Crippen LogP contribution is -2.26. The summed E-state index contributed by atoms with van der Waals surface area (Å²) in [6.45, 7) is 0. The van der Waals surface area contributed by atoms with Crippen LogP contribution >= 0.6 is 0 Å². The van der Waals surface area contributed by atoms with Gasteiger partial charge < -0.3 is 10.7 Å². The third-order valence-corrected chi connectivity index (χ3v) is 4.08. The van der Waals surface area contributed by atoms with Gasteiger partial charge in [0.25, 0.3) is 10.0 Å². The molecule has 0 saturated heterocycles. The molecule has 0 aliphatic heterocycles. The molecule has 0 spiro atoms. The largest absolute Gasteiger partial charge is 0.384 e. The number of nitrogens with two attached hydrogens (primary N) is 1. The summed E-state index contributed by atoms with van der Waals surface area (Å²) < 4.78 is 25.4. The molecule has 0 atom stereocenters. The third-order valence-electron chi connectivity index (χ3n) is 2.34. The van der Waals surface area contributed by atoms with E-state index in [-0.39, 0.29) is 5.03 Å². The Hall–Kier alpha value is -2.02. The van der Waals surface area contributed by atoms with Crippen LogP contribution in [0.4, 0.5) is 11.5 Å². The zero-order valence-corrected chi connectivity index (χ0v) is 9.98. The molecule has 7 heteroatoms. The van der Waals surface area contributed by atoms with Crippen molar-refractivity contribution in [2.45, 2.75) is 5.03 Å². The molecule has 90 valence electrons. The number of nitrogens with zero attached hydrogens (tertiary/aromatic N) is 2. The highest BCUT2D eigenvalue weighted by Gasteiger charge is 2.21. The first kappa shape index (κ1) is 11.5. The smallest absolute Gasteiger partial charge is 0.279 e. The number of H-pyrrole nitrogens is 1. The second kappa shape index (κ2) is 4.10. The number of nitrogens with one attached hydrogen (secondary N) is 1. The van der Waals surface area contributed by atoms with Gasteiger partial charge in [0.1, 0.15) is 5.82 Å². The molecule has 0 fully saturated rings. The van der Waals surface area contributed by atoms with Gasteiger partial charge in [-0.2, -0.15) is 8.42 Å². The summed E-state index contributed by atoms with van der Waals surface area (Å²) >= 11 is 0. The molecule has 0 aromatic carbocycles. The molecule has 6 nitrogen and oxygen atoms in total. The Morgan fingerprint density at radius 1 is 1.35 bits per heavy atom. The van der Waals surface area contributed by atoms with E-state index in [1.54, 1.807) is 24.4 Å². The van der Waals surface area contributed by atoms with Crippen LogP contribution < -0.4 is 10.0 Å². The Labute approximate surface area is 99.1 Å². The average Bonchev–Trinajstić information content (AvgIpc) is 2.83. The van der Waals surface area contributed by atoms with E-state index >= 15 is 0 Å². The molecule has 0 radical (unpaired) electrons. The molecule has 2 aromatic rings. The summed E-state index contributed by atoms with van der Waals surface area (Å²) in [4.78, 5) is 6.52. The molecule has 2 heterocycles. The summed E-state index contributed by atoms with van der Waals surface area (Å²) in [7, 11) is -2.10. The maximum atomic E-state index is 12.1. The summed E-state index contributed by atoms with van der Waals surface area (Å²) in [5.41, 5.74) is 5.90. The molecule has 3 N–H and O–H groups in total. The van der Waals surface area contributed by atoms with Gasteiger partial charge in [0, 0.05) is 13.2 Å². The first-order chi connectivity index (χ1) is 8.01. The molecule has 2 aromatic heterocycles. The van der Waals surface area contributed by atoms with Gasteiger partial charge >= 0.3 is 0 Å². The lowest BCUT2D eigenvalue weighted by atomic mass is 10.4. The van der Waals surface area contributed by atoms with Gasteiger partial charge in [-0.25, -0.2) is 4.98 Å². The van der Waals surface area contributed by atoms with Crippen molar-refractivity contribution in [2.75, 3.05) is 17.1 Å². The summed E-state index contributed by atoms with van der Waals surface area (Å²) in [6.07, 6.45) is 2.97. The van der Waals surface area contributed by atoms with Crippen molar-refractivity contribution < 1.29 is 8.42 Å². The van der Waals surface area contributed by atoms with Crippen LogP contribution in [0.2, 0.25) is 0 Å². The van der Waals surface area contributed by atoms with Gasteiger partial charge in [0.2, 0.25) is 0 Å². The molecular weight excluding hydrogens is 240 g/mol. The van der Waals surface area contributed by atoms with Crippen LogP contribution in [0.5, 0.6) is 0 Å². The standard InChI is InChI=1S/C10H12N4O2S/c1-14(8-4-5-9(11)13-7-8)17(15,16)10-3-2-6-12-10/h2-7,12H,1H3,(H2,11,13). The van der Waals surface area contributed by atoms with Crippen LogP contribution in [0.1, 0.15) is 0 Å². The fourth-order valence-electron chi connectivity index (χ4n) is 1.34. The van der Waals surface area contributed by atoms with Crippen LogP contribution in [0.15, 0.2) is 41.7 Å². The fourth-order valence-corrected chi connectivity index (χ4v) is 2.49. The molecule has 0 unspecified atom stereocenters. The topological polar surface area (TPSA) is 92.1 Å². The lowest BCUT2D eigenvalue weighted by molar-refractivity contribution is 0.591. The number of aromatic nitrogens is 2. The molecular formula is C10H12N4O2S. The van der Waals surface area contributed by atoms with Crippen LogP contribution in [0, 0.1) is 0 Å². The van der Waals surface area contributed by atoms with Crippen molar-refractivity contribution in [1.82, 2.24) is 9.97 Å². The van der Waals surface area contributed by atoms with E-state index in [1.807, 2.05) is 0 Å². The first-order valence-corrected chi connectivity index (χ1v) is 6.29. The normalized spacial score (nSPS) is 11.4. The fraction of sp³-hybridized carbons (Fsp3) is 0.100. The SMILES string of the molecule is CN(c1ccc(N)nc1)S(=O)(=O)c1ccc[nH]1. The number of nitrogen functional groups attached to an aromatic ring is 1. The Bertz CT molecular complexity index is 590. The Morgan fingerprint density at radius 3 is 2.65 bits per heavy atom. The summed E-state index contributed by atoms with van der Waals surface area (Å²) in [6, 6.07) is 6.28. The van der Waals surface area contributed by atoms with Gasteiger partial charge in [0.15, 0.2) is 5.03 Å².